The van der Waals surface area contributed by atoms with Gasteiger partial charge in [0.15, 0.2) is 17.3 Å². The predicted octanol–water partition coefficient (Wildman–Crippen LogP) is 4.43. The predicted molar refractivity (Wildman–Crippen MR) is 127 cm³/mol. The van der Waals surface area contributed by atoms with Gasteiger partial charge in [-0.25, -0.2) is 0 Å². The lowest BCUT2D eigenvalue weighted by Gasteiger charge is -2.36. The smallest absolute Gasteiger partial charge is 0.270 e. The number of non-ortho nitro benzene ring substituents is 1. The highest BCUT2D eigenvalue weighted by Crippen LogP contribution is 2.41. The van der Waals surface area contributed by atoms with Crippen molar-refractivity contribution in [3.05, 3.63) is 93.0 Å². The summed E-state index contributed by atoms with van der Waals surface area (Å²) in [6, 6.07) is 17.5. The number of nitro groups is 1. The van der Waals surface area contributed by atoms with E-state index in [9.17, 15) is 14.9 Å². The van der Waals surface area contributed by atoms with Gasteiger partial charge in [0.2, 0.25) is 0 Å². The largest absolute Gasteiger partial charge is 0.496 e. The lowest BCUT2D eigenvalue weighted by atomic mass is 9.78. The molecule has 0 aliphatic carbocycles. The van der Waals surface area contributed by atoms with Gasteiger partial charge in [-0.15, -0.1) is 0 Å². The zero-order chi connectivity index (χ0) is 24.3. The molecule has 1 atom stereocenters. The zero-order valence-corrected chi connectivity index (χ0v) is 19.3. The number of hydrogen-bond acceptors (Lipinski definition) is 7. The fourth-order valence-corrected chi connectivity index (χ4v) is 4.28. The number of carbonyl (C=O) groups excluding carboxylic acids is 1. The molecule has 0 amide bonds. The maximum atomic E-state index is 13.8. The third kappa shape index (κ3) is 4.32. The molecule has 1 N–H and O–H groups in total. The molecule has 0 saturated carbocycles. The number of fused-ring (bicyclic) bond motifs is 1. The number of nitrogens with zero attached hydrogens (tertiary/aromatic N) is 1. The van der Waals surface area contributed by atoms with Crippen molar-refractivity contribution in [3.8, 4) is 17.2 Å². The summed E-state index contributed by atoms with van der Waals surface area (Å²) in [5, 5.41) is 14.7. The van der Waals surface area contributed by atoms with Gasteiger partial charge in [-0.2, -0.15) is 0 Å². The van der Waals surface area contributed by atoms with E-state index < -0.39 is 10.5 Å². The first kappa shape index (κ1) is 23.3. The number of ketones is 1. The molecular weight excluding hydrogens is 436 g/mol. The molecule has 3 aromatic rings. The standard InChI is InChI=1S/C26H26N2O6/c1-26(25(29)20-14-19(28(30)31)9-10-22(20)32-2)21-15-24(34-16-17-7-5-4-6-8-17)23(33-3)13-18(21)11-12-27-26/h4-10,13-15,27H,11-12,16H2,1-3H3. The Hall–Kier alpha value is -3.91. The second kappa shape index (κ2) is 9.52. The number of rotatable bonds is 8. The number of benzene rings is 3. The highest BCUT2D eigenvalue weighted by Gasteiger charge is 2.41. The van der Waals surface area contributed by atoms with E-state index >= 15 is 0 Å². The Morgan fingerprint density at radius 2 is 1.76 bits per heavy atom. The van der Waals surface area contributed by atoms with Gasteiger partial charge in [-0.1, -0.05) is 30.3 Å². The Bertz CT molecular complexity index is 1230. The summed E-state index contributed by atoms with van der Waals surface area (Å²) in [6.45, 7) is 2.67. The second-order valence-corrected chi connectivity index (χ2v) is 8.21. The Labute approximate surface area is 197 Å². The highest BCUT2D eigenvalue weighted by molar-refractivity contribution is 6.06. The summed E-state index contributed by atoms with van der Waals surface area (Å²) in [6.07, 6.45) is 0.694. The van der Waals surface area contributed by atoms with Crippen molar-refractivity contribution < 1.29 is 23.9 Å². The molecule has 34 heavy (non-hydrogen) atoms. The van der Waals surface area contributed by atoms with Crippen LogP contribution >= 0.6 is 0 Å². The van der Waals surface area contributed by atoms with Gasteiger partial charge < -0.3 is 19.5 Å². The molecule has 0 spiro atoms. The quantitative estimate of drug-likeness (QED) is 0.300. The van der Waals surface area contributed by atoms with E-state index in [1.807, 2.05) is 42.5 Å². The van der Waals surface area contributed by atoms with E-state index in [4.69, 9.17) is 14.2 Å². The summed E-state index contributed by atoms with van der Waals surface area (Å²) in [5.41, 5.74) is 1.50. The Kier molecular flexibility index (Phi) is 6.51. The van der Waals surface area contributed by atoms with Crippen molar-refractivity contribution >= 4 is 11.5 Å². The molecule has 4 rings (SSSR count). The molecule has 1 heterocycles. The molecular formula is C26H26N2O6. The molecule has 0 fully saturated rings. The van der Waals surface area contributed by atoms with Gasteiger partial charge in [-0.05, 0) is 48.2 Å². The van der Waals surface area contributed by atoms with Crippen LogP contribution in [-0.4, -0.2) is 31.5 Å². The Balaban J connectivity index is 1.76. The van der Waals surface area contributed by atoms with Crippen molar-refractivity contribution in [2.24, 2.45) is 0 Å². The normalized spacial score (nSPS) is 16.9. The van der Waals surface area contributed by atoms with Crippen molar-refractivity contribution in [3.63, 3.8) is 0 Å². The second-order valence-electron chi connectivity index (χ2n) is 8.21. The van der Waals surface area contributed by atoms with Gasteiger partial charge in [0.25, 0.3) is 5.69 Å². The van der Waals surface area contributed by atoms with Crippen LogP contribution in [0.5, 0.6) is 17.2 Å². The molecule has 0 aromatic heterocycles. The lowest BCUT2D eigenvalue weighted by molar-refractivity contribution is -0.384. The van der Waals surface area contributed by atoms with E-state index in [1.165, 1.54) is 25.3 Å². The SMILES string of the molecule is COc1cc2c(cc1OCc1ccccc1)C(C)(C(=O)c1cc([N+](=O)[O-])ccc1OC)NCC2. The van der Waals surface area contributed by atoms with E-state index in [1.54, 1.807) is 14.0 Å². The Morgan fingerprint density at radius 1 is 1.03 bits per heavy atom. The van der Waals surface area contributed by atoms with Crippen LogP contribution in [0, 0.1) is 10.1 Å². The molecule has 0 bridgehead atoms. The number of nitrogens with one attached hydrogen (secondary N) is 1. The van der Waals surface area contributed by atoms with E-state index in [2.05, 4.69) is 5.32 Å². The molecule has 176 valence electrons. The van der Waals surface area contributed by atoms with Gasteiger partial charge in [-0.3, -0.25) is 14.9 Å². The molecule has 0 saturated heterocycles. The first-order chi connectivity index (χ1) is 16.4. The molecule has 0 radical (unpaired) electrons. The molecule has 1 unspecified atom stereocenters. The molecule has 3 aromatic carbocycles. The first-order valence-electron chi connectivity index (χ1n) is 10.9. The average Bonchev–Trinajstić information content (AvgIpc) is 2.87. The lowest BCUT2D eigenvalue weighted by Crippen LogP contribution is -2.51. The van der Waals surface area contributed by atoms with Crippen molar-refractivity contribution in [2.45, 2.75) is 25.5 Å². The first-order valence-corrected chi connectivity index (χ1v) is 10.9. The van der Waals surface area contributed by atoms with Crippen LogP contribution in [0.15, 0.2) is 60.7 Å². The average molecular weight is 463 g/mol. The molecule has 8 heteroatoms. The highest BCUT2D eigenvalue weighted by atomic mass is 16.6. The number of nitro benzene ring substituents is 1. The fraction of sp³-hybridized carbons (Fsp3) is 0.269. The third-order valence-corrected chi connectivity index (χ3v) is 6.13. The number of methoxy groups -OCH3 is 2. The minimum Gasteiger partial charge on any atom is -0.496 e. The Morgan fingerprint density at radius 3 is 2.44 bits per heavy atom. The maximum Gasteiger partial charge on any atom is 0.270 e. The minimum absolute atomic E-state index is 0.141. The number of carbonyl (C=O) groups is 1. The molecule has 8 nitrogen and oxygen atoms in total. The van der Waals surface area contributed by atoms with E-state index in [-0.39, 0.29) is 22.8 Å². The van der Waals surface area contributed by atoms with Crippen LogP contribution in [0.1, 0.15) is 34.0 Å². The molecule has 1 aliphatic heterocycles. The van der Waals surface area contributed by atoms with E-state index in [0.717, 1.165) is 16.7 Å². The summed E-state index contributed by atoms with van der Waals surface area (Å²) >= 11 is 0. The number of hydrogen-bond donors (Lipinski definition) is 1. The van der Waals surface area contributed by atoms with Crippen LogP contribution in [-0.2, 0) is 18.6 Å². The van der Waals surface area contributed by atoms with Gasteiger partial charge in [0.1, 0.15) is 17.9 Å². The summed E-state index contributed by atoms with van der Waals surface area (Å²) in [7, 11) is 3.01. The van der Waals surface area contributed by atoms with Crippen LogP contribution in [0.2, 0.25) is 0 Å². The monoisotopic (exact) mass is 462 g/mol. The summed E-state index contributed by atoms with van der Waals surface area (Å²) in [5.74, 6) is 1.05. The number of ether oxygens (including phenoxy) is 3. The third-order valence-electron chi connectivity index (χ3n) is 6.13. The topological polar surface area (TPSA) is 99.9 Å². The van der Waals surface area contributed by atoms with Crippen LogP contribution < -0.4 is 19.5 Å². The van der Waals surface area contributed by atoms with Crippen LogP contribution in [0.4, 0.5) is 5.69 Å². The van der Waals surface area contributed by atoms with Gasteiger partial charge in [0.05, 0.1) is 24.7 Å². The fourth-order valence-electron chi connectivity index (χ4n) is 4.28. The molecule has 1 aliphatic rings. The summed E-state index contributed by atoms with van der Waals surface area (Å²) in [4.78, 5) is 24.7. The minimum atomic E-state index is -1.15. The van der Waals surface area contributed by atoms with Crippen molar-refractivity contribution in [2.75, 3.05) is 20.8 Å². The van der Waals surface area contributed by atoms with Gasteiger partial charge in [0, 0.05) is 18.7 Å². The zero-order valence-electron chi connectivity index (χ0n) is 19.3. The number of Topliss-reactive ketones (excluding diaryl/α,β-unsaturated/α-hetero) is 1. The van der Waals surface area contributed by atoms with Crippen LogP contribution in [0.25, 0.3) is 0 Å². The van der Waals surface area contributed by atoms with Crippen molar-refractivity contribution in [1.29, 1.82) is 0 Å². The maximum absolute atomic E-state index is 13.8. The van der Waals surface area contributed by atoms with Crippen LogP contribution in [0.3, 0.4) is 0 Å². The van der Waals surface area contributed by atoms with Crippen molar-refractivity contribution in [1.82, 2.24) is 5.32 Å². The van der Waals surface area contributed by atoms with E-state index in [0.29, 0.717) is 31.1 Å². The summed E-state index contributed by atoms with van der Waals surface area (Å²) < 4.78 is 17.0. The van der Waals surface area contributed by atoms with Gasteiger partial charge >= 0.3 is 0 Å².